The van der Waals surface area contributed by atoms with E-state index in [1.54, 1.807) is 25.8 Å². The molecule has 0 saturated carbocycles. The molecule has 1 aromatic carbocycles. The molecule has 0 radical (unpaired) electrons. The zero-order valence-electron chi connectivity index (χ0n) is 22.5. The summed E-state index contributed by atoms with van der Waals surface area (Å²) >= 11 is 0. The van der Waals surface area contributed by atoms with Gasteiger partial charge in [0.15, 0.2) is 11.2 Å². The van der Waals surface area contributed by atoms with Gasteiger partial charge in [-0.2, -0.15) is 0 Å². The molecule has 1 unspecified atom stereocenters. The van der Waals surface area contributed by atoms with Crippen molar-refractivity contribution < 1.29 is 14.6 Å². The summed E-state index contributed by atoms with van der Waals surface area (Å²) in [5.74, 6) is 2.34. The quantitative estimate of drug-likeness (QED) is 0.251. The molecule has 1 atom stereocenters. The molecule has 10 heteroatoms. The van der Waals surface area contributed by atoms with E-state index in [1.807, 2.05) is 25.2 Å². The molecule has 204 valence electrons. The van der Waals surface area contributed by atoms with Gasteiger partial charge in [-0.25, -0.2) is 9.78 Å². The lowest BCUT2D eigenvalue weighted by Crippen LogP contribution is -2.29. The van der Waals surface area contributed by atoms with Crippen LogP contribution in [0.2, 0.25) is 0 Å². The Hall–Kier alpha value is -3.11. The minimum absolute atomic E-state index is 0.354. The third-order valence-electron chi connectivity index (χ3n) is 6.79. The molecule has 3 N–H and O–H groups in total. The van der Waals surface area contributed by atoms with Crippen LogP contribution in [0.5, 0.6) is 11.5 Å². The SMILES string of the molecule is COc1cc(CNCC(O)CCCCCCCCCc2nc3c(c(=O)[nH]c(=O)n3C)n2C)cc(OC)c1. The normalized spacial score (nSPS) is 12.2. The fourth-order valence-corrected chi connectivity index (χ4v) is 4.58. The van der Waals surface area contributed by atoms with Gasteiger partial charge in [0.05, 0.1) is 20.3 Å². The average Bonchev–Trinajstić information content (AvgIpc) is 3.22. The maximum absolute atomic E-state index is 12.1. The minimum atomic E-state index is -0.444. The number of ether oxygens (including phenoxy) is 2. The Balaban J connectivity index is 1.25. The van der Waals surface area contributed by atoms with Crippen molar-refractivity contribution in [3.63, 3.8) is 0 Å². The Labute approximate surface area is 217 Å². The highest BCUT2D eigenvalue weighted by molar-refractivity contribution is 5.70. The highest BCUT2D eigenvalue weighted by Crippen LogP contribution is 2.22. The van der Waals surface area contributed by atoms with E-state index in [2.05, 4.69) is 15.3 Å². The van der Waals surface area contributed by atoms with Crippen LogP contribution in [0, 0.1) is 0 Å². The molecule has 0 aliphatic rings. The van der Waals surface area contributed by atoms with Crippen LogP contribution in [0.1, 0.15) is 62.8 Å². The van der Waals surface area contributed by atoms with Gasteiger partial charge in [-0.3, -0.25) is 14.3 Å². The van der Waals surface area contributed by atoms with Crippen molar-refractivity contribution >= 4 is 11.2 Å². The highest BCUT2D eigenvalue weighted by Gasteiger charge is 2.14. The minimum Gasteiger partial charge on any atom is -0.497 e. The van der Waals surface area contributed by atoms with Crippen molar-refractivity contribution in [1.29, 1.82) is 0 Å². The molecule has 0 aliphatic carbocycles. The van der Waals surface area contributed by atoms with E-state index in [-0.39, 0.29) is 6.10 Å². The Morgan fingerprint density at radius 2 is 1.57 bits per heavy atom. The number of unbranched alkanes of at least 4 members (excludes halogenated alkanes) is 6. The van der Waals surface area contributed by atoms with Gasteiger partial charge in [-0.15, -0.1) is 0 Å². The van der Waals surface area contributed by atoms with Crippen LogP contribution in [0.15, 0.2) is 27.8 Å². The Morgan fingerprint density at radius 3 is 2.22 bits per heavy atom. The van der Waals surface area contributed by atoms with Gasteiger partial charge in [0, 0.05) is 39.7 Å². The van der Waals surface area contributed by atoms with Crippen molar-refractivity contribution in [1.82, 2.24) is 24.4 Å². The molecule has 0 fully saturated rings. The van der Waals surface area contributed by atoms with Crippen LogP contribution in [-0.2, 0) is 27.1 Å². The van der Waals surface area contributed by atoms with Gasteiger partial charge in [0.1, 0.15) is 17.3 Å². The van der Waals surface area contributed by atoms with E-state index in [0.717, 1.165) is 74.3 Å². The predicted octanol–water partition coefficient (Wildman–Crippen LogP) is 2.79. The number of imidazole rings is 1. The zero-order chi connectivity index (χ0) is 26.8. The molecular weight excluding hydrogens is 474 g/mol. The second-order valence-corrected chi connectivity index (χ2v) is 9.60. The summed E-state index contributed by atoms with van der Waals surface area (Å²) in [5.41, 5.74) is 1.09. The maximum Gasteiger partial charge on any atom is 0.329 e. The molecule has 0 amide bonds. The Kier molecular flexibility index (Phi) is 10.8. The molecule has 0 saturated heterocycles. The summed E-state index contributed by atoms with van der Waals surface area (Å²) in [7, 11) is 6.71. The predicted molar refractivity (Wildman–Crippen MR) is 144 cm³/mol. The summed E-state index contributed by atoms with van der Waals surface area (Å²) < 4.78 is 13.8. The second kappa shape index (κ2) is 14.0. The summed E-state index contributed by atoms with van der Waals surface area (Å²) in [6.45, 7) is 1.20. The number of hydrogen-bond acceptors (Lipinski definition) is 7. The smallest absolute Gasteiger partial charge is 0.329 e. The van der Waals surface area contributed by atoms with Gasteiger partial charge in [-0.1, -0.05) is 38.5 Å². The molecule has 37 heavy (non-hydrogen) atoms. The monoisotopic (exact) mass is 515 g/mol. The van der Waals surface area contributed by atoms with Crippen LogP contribution in [0.25, 0.3) is 11.2 Å². The number of aryl methyl sites for hydroxylation is 3. The standard InChI is InChI=1S/C27H41N5O5/c1-31-23(29-25-24(31)26(34)30-27(35)32(25)2)13-11-9-7-5-6-8-10-12-20(33)18-28-17-19-14-21(36-3)16-22(15-19)37-4/h14-16,20,28,33H,5-13,17-18H2,1-4H3,(H,30,34,35). The molecule has 0 bridgehead atoms. The molecule has 2 aromatic heterocycles. The number of aliphatic hydroxyl groups is 1. The number of benzene rings is 1. The van der Waals surface area contributed by atoms with Crippen molar-refractivity contribution in [2.45, 2.75) is 70.4 Å². The molecule has 0 aliphatic heterocycles. The number of hydrogen-bond donors (Lipinski definition) is 3. The molecule has 3 rings (SSSR count). The largest absolute Gasteiger partial charge is 0.497 e. The lowest BCUT2D eigenvalue weighted by atomic mass is 10.1. The van der Waals surface area contributed by atoms with Crippen LogP contribution in [0.3, 0.4) is 0 Å². The Morgan fingerprint density at radius 1 is 0.946 bits per heavy atom. The van der Waals surface area contributed by atoms with E-state index >= 15 is 0 Å². The lowest BCUT2D eigenvalue weighted by Gasteiger charge is -2.13. The van der Waals surface area contributed by atoms with Gasteiger partial charge in [0.2, 0.25) is 0 Å². The zero-order valence-corrected chi connectivity index (χ0v) is 22.5. The molecule has 3 aromatic rings. The van der Waals surface area contributed by atoms with Crippen LogP contribution >= 0.6 is 0 Å². The van der Waals surface area contributed by atoms with E-state index in [0.29, 0.717) is 24.3 Å². The molecule has 10 nitrogen and oxygen atoms in total. The number of aromatic nitrogens is 4. The fourth-order valence-electron chi connectivity index (χ4n) is 4.58. The van der Waals surface area contributed by atoms with Gasteiger partial charge < -0.3 is 24.5 Å². The highest BCUT2D eigenvalue weighted by atomic mass is 16.5. The van der Waals surface area contributed by atoms with Crippen molar-refractivity contribution in [3.05, 3.63) is 50.4 Å². The van der Waals surface area contributed by atoms with E-state index in [1.165, 1.54) is 11.0 Å². The first kappa shape index (κ1) is 28.5. The third kappa shape index (κ3) is 7.93. The second-order valence-electron chi connectivity index (χ2n) is 9.60. The van der Waals surface area contributed by atoms with Crippen LogP contribution < -0.4 is 26.0 Å². The number of H-pyrrole nitrogens is 1. The van der Waals surface area contributed by atoms with E-state index < -0.39 is 11.2 Å². The third-order valence-corrected chi connectivity index (χ3v) is 6.79. The number of rotatable bonds is 16. The maximum atomic E-state index is 12.1. The molecule has 2 heterocycles. The Bertz CT molecular complexity index is 1240. The van der Waals surface area contributed by atoms with Crippen molar-refractivity contribution in [2.24, 2.45) is 14.1 Å². The summed E-state index contributed by atoms with van der Waals surface area (Å²) in [5, 5.41) is 13.6. The van der Waals surface area contributed by atoms with E-state index in [4.69, 9.17) is 9.47 Å². The number of nitrogens with one attached hydrogen (secondary N) is 2. The average molecular weight is 516 g/mol. The van der Waals surface area contributed by atoms with E-state index in [9.17, 15) is 14.7 Å². The van der Waals surface area contributed by atoms with Crippen LogP contribution in [0.4, 0.5) is 0 Å². The topological polar surface area (TPSA) is 123 Å². The summed E-state index contributed by atoms with van der Waals surface area (Å²) in [6.07, 6.45) is 8.92. The first-order valence-electron chi connectivity index (χ1n) is 13.1. The number of methoxy groups -OCH3 is 2. The fraction of sp³-hybridized carbons (Fsp3) is 0.593. The molecular formula is C27H41N5O5. The molecule has 0 spiro atoms. The van der Waals surface area contributed by atoms with Crippen molar-refractivity contribution in [2.75, 3.05) is 20.8 Å². The summed E-state index contributed by atoms with van der Waals surface area (Å²) in [6, 6.07) is 5.77. The van der Waals surface area contributed by atoms with Gasteiger partial charge in [0.25, 0.3) is 5.56 Å². The number of aliphatic hydroxyl groups excluding tert-OH is 1. The number of fused-ring (bicyclic) bond motifs is 1. The van der Waals surface area contributed by atoms with Crippen LogP contribution in [-0.4, -0.2) is 51.1 Å². The summed E-state index contributed by atoms with van der Waals surface area (Å²) in [4.78, 5) is 30.8. The first-order chi connectivity index (χ1) is 17.8. The number of nitrogens with zero attached hydrogens (tertiary/aromatic N) is 3. The number of aromatic amines is 1. The van der Waals surface area contributed by atoms with Crippen molar-refractivity contribution in [3.8, 4) is 11.5 Å². The van der Waals surface area contributed by atoms with Gasteiger partial charge >= 0.3 is 5.69 Å². The first-order valence-corrected chi connectivity index (χ1v) is 13.1. The van der Waals surface area contributed by atoms with Gasteiger partial charge in [-0.05, 0) is 30.5 Å². The lowest BCUT2D eigenvalue weighted by molar-refractivity contribution is 0.157.